The minimum atomic E-state index is 0.734. The summed E-state index contributed by atoms with van der Waals surface area (Å²) in [5, 5.41) is 6.88. The molecule has 0 saturated heterocycles. The van der Waals surface area contributed by atoms with Gasteiger partial charge in [0, 0.05) is 18.0 Å². The van der Waals surface area contributed by atoms with Crippen molar-refractivity contribution in [1.29, 1.82) is 0 Å². The number of hydrogen-bond acceptors (Lipinski definition) is 3. The normalized spacial score (nSPS) is 13.2. The van der Waals surface area contributed by atoms with Gasteiger partial charge in [0.2, 0.25) is 0 Å². The fraction of sp³-hybridized carbons (Fsp3) is 0.769. The third-order valence-electron chi connectivity index (χ3n) is 2.61. The van der Waals surface area contributed by atoms with Crippen molar-refractivity contribution in [2.24, 2.45) is 11.8 Å². The lowest BCUT2D eigenvalue weighted by atomic mass is 9.94. The van der Waals surface area contributed by atoms with Crippen LogP contribution in [0.25, 0.3) is 0 Å². The highest BCUT2D eigenvalue weighted by Gasteiger charge is 2.12. The van der Waals surface area contributed by atoms with Crippen LogP contribution in [0.3, 0.4) is 0 Å². The predicted octanol–water partition coefficient (Wildman–Crippen LogP) is 3.35. The van der Waals surface area contributed by atoms with Crippen molar-refractivity contribution in [3.63, 3.8) is 0 Å². The molecule has 0 radical (unpaired) electrons. The van der Waals surface area contributed by atoms with Crippen LogP contribution in [-0.4, -0.2) is 18.1 Å². The lowest BCUT2D eigenvalue weighted by Gasteiger charge is -2.18. The minimum absolute atomic E-state index is 0.734. The molecule has 0 aliphatic heterocycles. The van der Waals surface area contributed by atoms with E-state index < -0.39 is 0 Å². The summed E-state index contributed by atoms with van der Waals surface area (Å²) in [5.41, 5.74) is 0. The summed E-state index contributed by atoms with van der Waals surface area (Å²) in [5.74, 6) is 1.51. The van der Waals surface area contributed by atoms with Crippen LogP contribution in [0.2, 0.25) is 0 Å². The molecule has 92 valence electrons. The fourth-order valence-electron chi connectivity index (χ4n) is 1.99. The van der Waals surface area contributed by atoms with Gasteiger partial charge in [0.25, 0.3) is 0 Å². The molecule has 1 heterocycles. The van der Waals surface area contributed by atoms with E-state index in [1.807, 2.05) is 6.20 Å². The number of rotatable bonds is 8. The average Bonchev–Trinajstić information content (AvgIpc) is 2.69. The zero-order valence-corrected chi connectivity index (χ0v) is 11.5. The van der Waals surface area contributed by atoms with Crippen LogP contribution in [0.1, 0.15) is 38.6 Å². The zero-order chi connectivity index (χ0) is 11.8. The van der Waals surface area contributed by atoms with Gasteiger partial charge in [0.05, 0.1) is 5.01 Å². The molecule has 1 atom stereocenters. The van der Waals surface area contributed by atoms with Crippen molar-refractivity contribution in [2.75, 3.05) is 13.1 Å². The van der Waals surface area contributed by atoms with Gasteiger partial charge in [0.1, 0.15) is 0 Å². The lowest BCUT2D eigenvalue weighted by molar-refractivity contribution is 0.385. The van der Waals surface area contributed by atoms with Crippen molar-refractivity contribution < 1.29 is 0 Å². The van der Waals surface area contributed by atoms with Gasteiger partial charge in [-0.15, -0.1) is 11.3 Å². The Morgan fingerprint density at radius 3 is 2.81 bits per heavy atom. The van der Waals surface area contributed by atoms with Crippen LogP contribution < -0.4 is 5.32 Å². The molecule has 0 saturated carbocycles. The molecule has 0 spiro atoms. The van der Waals surface area contributed by atoms with Gasteiger partial charge in [-0.2, -0.15) is 0 Å². The maximum absolute atomic E-state index is 4.38. The first kappa shape index (κ1) is 13.7. The number of hydrogen-bond donors (Lipinski definition) is 1. The van der Waals surface area contributed by atoms with E-state index >= 15 is 0 Å². The second-order valence-electron chi connectivity index (χ2n) is 4.83. The number of aromatic nitrogens is 1. The first-order chi connectivity index (χ1) is 7.72. The lowest BCUT2D eigenvalue weighted by Crippen LogP contribution is -2.26. The van der Waals surface area contributed by atoms with Crippen LogP contribution in [0.15, 0.2) is 11.6 Å². The Morgan fingerprint density at radius 2 is 2.25 bits per heavy atom. The Kier molecular flexibility index (Phi) is 6.65. The fourth-order valence-corrected chi connectivity index (χ4v) is 2.72. The monoisotopic (exact) mass is 240 g/mol. The minimum Gasteiger partial charge on any atom is -0.316 e. The number of nitrogens with one attached hydrogen (secondary N) is 1. The molecule has 2 nitrogen and oxygen atoms in total. The molecule has 0 aliphatic carbocycles. The highest BCUT2D eigenvalue weighted by atomic mass is 32.1. The summed E-state index contributed by atoms with van der Waals surface area (Å²) >= 11 is 1.78. The third kappa shape index (κ3) is 5.61. The molecule has 1 unspecified atom stereocenters. The van der Waals surface area contributed by atoms with E-state index in [0.717, 1.165) is 31.3 Å². The molecule has 16 heavy (non-hydrogen) atoms. The largest absolute Gasteiger partial charge is 0.316 e. The summed E-state index contributed by atoms with van der Waals surface area (Å²) < 4.78 is 0. The predicted molar refractivity (Wildman–Crippen MR) is 71.9 cm³/mol. The van der Waals surface area contributed by atoms with Crippen LogP contribution in [0.5, 0.6) is 0 Å². The maximum Gasteiger partial charge on any atom is 0.0928 e. The molecule has 1 aromatic heterocycles. The molecule has 1 rings (SSSR count). The second kappa shape index (κ2) is 7.80. The Hall–Kier alpha value is -0.410. The standard InChI is InChI=1S/C13H24N2S/c1-4-5-14-10-12(8-11(2)3)9-13-15-6-7-16-13/h6-7,11-12,14H,4-5,8-10H2,1-3H3. The number of thiazole rings is 1. The van der Waals surface area contributed by atoms with Gasteiger partial charge in [-0.05, 0) is 37.8 Å². The molecule has 0 amide bonds. The molecule has 0 bridgehead atoms. The average molecular weight is 240 g/mol. The van der Waals surface area contributed by atoms with Crippen LogP contribution in [0.4, 0.5) is 0 Å². The molecule has 0 aromatic carbocycles. The van der Waals surface area contributed by atoms with Crippen LogP contribution in [-0.2, 0) is 6.42 Å². The van der Waals surface area contributed by atoms with Crippen molar-refractivity contribution in [2.45, 2.75) is 40.0 Å². The Balaban J connectivity index is 2.37. The molecule has 1 aromatic rings. The Morgan fingerprint density at radius 1 is 1.44 bits per heavy atom. The Labute approximate surface area is 103 Å². The van der Waals surface area contributed by atoms with Gasteiger partial charge in [-0.3, -0.25) is 0 Å². The summed E-state index contributed by atoms with van der Waals surface area (Å²) in [4.78, 5) is 4.38. The van der Waals surface area contributed by atoms with E-state index in [1.165, 1.54) is 17.8 Å². The zero-order valence-electron chi connectivity index (χ0n) is 10.7. The molecule has 0 aliphatic rings. The summed E-state index contributed by atoms with van der Waals surface area (Å²) in [6.45, 7) is 9.08. The first-order valence-electron chi connectivity index (χ1n) is 6.31. The van der Waals surface area contributed by atoms with Gasteiger partial charge in [0.15, 0.2) is 0 Å². The molecular formula is C13H24N2S. The van der Waals surface area contributed by atoms with Crippen molar-refractivity contribution in [1.82, 2.24) is 10.3 Å². The van der Waals surface area contributed by atoms with Crippen molar-refractivity contribution in [3.05, 3.63) is 16.6 Å². The van der Waals surface area contributed by atoms with Gasteiger partial charge in [-0.25, -0.2) is 4.98 Å². The topological polar surface area (TPSA) is 24.9 Å². The SMILES string of the molecule is CCCNCC(Cc1nccs1)CC(C)C. The quantitative estimate of drug-likeness (QED) is 0.705. The van der Waals surface area contributed by atoms with Crippen LogP contribution >= 0.6 is 11.3 Å². The van der Waals surface area contributed by atoms with Crippen LogP contribution in [0, 0.1) is 11.8 Å². The smallest absolute Gasteiger partial charge is 0.0928 e. The van der Waals surface area contributed by atoms with Gasteiger partial charge < -0.3 is 5.32 Å². The first-order valence-corrected chi connectivity index (χ1v) is 7.19. The van der Waals surface area contributed by atoms with E-state index in [1.54, 1.807) is 11.3 Å². The van der Waals surface area contributed by atoms with Crippen molar-refractivity contribution in [3.8, 4) is 0 Å². The maximum atomic E-state index is 4.38. The second-order valence-corrected chi connectivity index (χ2v) is 5.81. The van der Waals surface area contributed by atoms with E-state index in [4.69, 9.17) is 0 Å². The highest BCUT2D eigenvalue weighted by Crippen LogP contribution is 2.18. The highest BCUT2D eigenvalue weighted by molar-refractivity contribution is 7.09. The van der Waals surface area contributed by atoms with E-state index in [9.17, 15) is 0 Å². The Bertz CT molecular complexity index is 257. The molecule has 0 fully saturated rings. The summed E-state index contributed by atoms with van der Waals surface area (Å²) in [7, 11) is 0. The molecule has 1 N–H and O–H groups in total. The van der Waals surface area contributed by atoms with Gasteiger partial charge >= 0.3 is 0 Å². The van der Waals surface area contributed by atoms with Crippen molar-refractivity contribution >= 4 is 11.3 Å². The van der Waals surface area contributed by atoms with E-state index in [-0.39, 0.29) is 0 Å². The summed E-state index contributed by atoms with van der Waals surface area (Å²) in [6.07, 6.45) is 5.54. The molecule has 3 heteroatoms. The summed E-state index contributed by atoms with van der Waals surface area (Å²) in [6, 6.07) is 0. The molecular weight excluding hydrogens is 216 g/mol. The third-order valence-corrected chi connectivity index (χ3v) is 3.41. The van der Waals surface area contributed by atoms with E-state index in [0.29, 0.717) is 0 Å². The van der Waals surface area contributed by atoms with E-state index in [2.05, 4.69) is 36.5 Å². The van der Waals surface area contributed by atoms with Gasteiger partial charge in [-0.1, -0.05) is 20.8 Å². The number of nitrogens with zero attached hydrogens (tertiary/aromatic N) is 1.